The number of hydrogen-bond donors (Lipinski definition) is 0. The van der Waals surface area contributed by atoms with Gasteiger partial charge in [-0.3, -0.25) is 0 Å². The maximum absolute atomic E-state index is 12.5. The number of rotatable bonds is 11. The first-order valence-electron chi connectivity index (χ1n) is 10.9. The van der Waals surface area contributed by atoms with Crippen molar-refractivity contribution in [2.45, 2.75) is 40.5 Å². The van der Waals surface area contributed by atoms with Gasteiger partial charge in [0.2, 0.25) is 0 Å². The molecule has 2 aromatic carbocycles. The van der Waals surface area contributed by atoms with Gasteiger partial charge in [0.05, 0.1) is 5.56 Å². The molecule has 0 saturated heterocycles. The van der Waals surface area contributed by atoms with Gasteiger partial charge in [0.15, 0.2) is 0 Å². The van der Waals surface area contributed by atoms with Crippen LogP contribution in [0.15, 0.2) is 66.7 Å². The molecule has 1 atom stereocenters. The van der Waals surface area contributed by atoms with E-state index in [4.69, 9.17) is 9.47 Å². The summed E-state index contributed by atoms with van der Waals surface area (Å²) in [4.78, 5) is 24.9. The van der Waals surface area contributed by atoms with E-state index in [0.29, 0.717) is 11.5 Å². The fraction of sp³-hybridized carbons (Fsp3) is 0.407. The highest BCUT2D eigenvalue weighted by Gasteiger charge is 2.37. The summed E-state index contributed by atoms with van der Waals surface area (Å²) in [5.74, 6) is -0.0874. The van der Waals surface area contributed by atoms with Crippen molar-refractivity contribution in [3.8, 4) is 0 Å². The van der Waals surface area contributed by atoms with Crippen molar-refractivity contribution in [1.29, 1.82) is 0 Å². The Bertz CT molecular complexity index is 840. The summed E-state index contributed by atoms with van der Waals surface area (Å²) >= 11 is 0. The largest absolute Gasteiger partial charge is 0.462 e. The first-order chi connectivity index (χ1) is 14.8. The Morgan fingerprint density at radius 2 is 1.45 bits per heavy atom. The number of benzene rings is 2. The Kier molecular flexibility index (Phi) is 9.51. The van der Waals surface area contributed by atoms with E-state index in [0.717, 1.165) is 18.4 Å². The zero-order valence-electron chi connectivity index (χ0n) is 19.0. The molecular formula is C27H34O4. The molecule has 1 unspecified atom stereocenters. The van der Waals surface area contributed by atoms with Crippen LogP contribution in [0.2, 0.25) is 0 Å². The summed E-state index contributed by atoms with van der Waals surface area (Å²) in [6.45, 7) is 8.91. The quantitative estimate of drug-likeness (QED) is 0.320. The van der Waals surface area contributed by atoms with Gasteiger partial charge in [-0.15, -0.1) is 0 Å². The van der Waals surface area contributed by atoms with Crippen molar-refractivity contribution in [2.75, 3.05) is 13.2 Å². The Hall–Kier alpha value is -2.88. The second kappa shape index (κ2) is 12.1. The minimum absolute atomic E-state index is 0.167. The molecule has 0 spiro atoms. The smallest absolute Gasteiger partial charge is 0.338 e. The summed E-state index contributed by atoms with van der Waals surface area (Å²) in [7, 11) is 0. The van der Waals surface area contributed by atoms with Crippen LogP contribution in [0.25, 0.3) is 6.08 Å². The summed E-state index contributed by atoms with van der Waals surface area (Å²) in [5.41, 5.74) is 1.02. The van der Waals surface area contributed by atoms with Crippen LogP contribution in [-0.4, -0.2) is 25.2 Å². The van der Waals surface area contributed by atoms with Crippen LogP contribution in [0.4, 0.5) is 0 Å². The third kappa shape index (κ3) is 8.05. The van der Waals surface area contributed by atoms with Gasteiger partial charge < -0.3 is 9.47 Å². The lowest BCUT2D eigenvalue weighted by molar-refractivity contribution is -0.144. The maximum atomic E-state index is 12.5. The minimum atomic E-state index is -0.440. The van der Waals surface area contributed by atoms with Crippen molar-refractivity contribution in [1.82, 2.24) is 0 Å². The van der Waals surface area contributed by atoms with Gasteiger partial charge in [0.25, 0.3) is 0 Å². The van der Waals surface area contributed by atoms with E-state index in [1.165, 1.54) is 6.08 Å². The number of hydrogen-bond acceptors (Lipinski definition) is 4. The van der Waals surface area contributed by atoms with Gasteiger partial charge in [-0.05, 0) is 42.0 Å². The first-order valence-corrected chi connectivity index (χ1v) is 10.9. The second-order valence-electron chi connectivity index (χ2n) is 8.74. The molecule has 4 nitrogen and oxygen atoms in total. The van der Waals surface area contributed by atoms with Crippen molar-refractivity contribution in [3.63, 3.8) is 0 Å². The van der Waals surface area contributed by atoms with Gasteiger partial charge in [-0.1, -0.05) is 82.6 Å². The lowest BCUT2D eigenvalue weighted by Gasteiger charge is -2.37. The molecule has 166 valence electrons. The Morgan fingerprint density at radius 1 is 0.871 bits per heavy atom. The van der Waals surface area contributed by atoms with E-state index in [2.05, 4.69) is 27.7 Å². The van der Waals surface area contributed by atoms with Crippen LogP contribution in [0.5, 0.6) is 0 Å². The highest BCUT2D eigenvalue weighted by molar-refractivity contribution is 5.89. The van der Waals surface area contributed by atoms with Crippen LogP contribution in [0.3, 0.4) is 0 Å². The normalized spacial score (nSPS) is 13.4. The molecule has 0 heterocycles. The van der Waals surface area contributed by atoms with Crippen LogP contribution < -0.4 is 0 Å². The Labute approximate surface area is 186 Å². The van der Waals surface area contributed by atoms with Crippen molar-refractivity contribution >= 4 is 18.0 Å². The zero-order chi connectivity index (χ0) is 22.7. The number of esters is 2. The van der Waals surface area contributed by atoms with Crippen LogP contribution in [0.1, 0.15) is 56.5 Å². The topological polar surface area (TPSA) is 52.6 Å². The molecule has 0 aromatic heterocycles. The molecule has 0 radical (unpaired) electrons. The fourth-order valence-electron chi connectivity index (χ4n) is 3.24. The molecule has 4 heteroatoms. The molecular weight excluding hydrogens is 388 g/mol. The van der Waals surface area contributed by atoms with E-state index < -0.39 is 11.4 Å². The summed E-state index contributed by atoms with van der Waals surface area (Å²) < 4.78 is 11.3. The molecule has 0 N–H and O–H groups in total. The second-order valence-corrected chi connectivity index (χ2v) is 8.74. The van der Waals surface area contributed by atoms with E-state index >= 15 is 0 Å². The lowest BCUT2D eigenvalue weighted by atomic mass is 9.73. The van der Waals surface area contributed by atoms with Gasteiger partial charge in [-0.25, -0.2) is 9.59 Å². The maximum Gasteiger partial charge on any atom is 0.338 e. The molecule has 0 aliphatic rings. The van der Waals surface area contributed by atoms with Crippen molar-refractivity contribution < 1.29 is 19.1 Å². The predicted molar refractivity (Wildman–Crippen MR) is 125 cm³/mol. The van der Waals surface area contributed by atoms with E-state index in [-0.39, 0.29) is 25.1 Å². The molecule has 0 amide bonds. The summed E-state index contributed by atoms with van der Waals surface area (Å²) in [6.07, 6.45) is 4.94. The number of ether oxygens (including phenoxy) is 2. The standard InChI is InChI=1S/C27H34O4/c1-21(2)17-18-27(22(3)4,20-31-26(29)24-13-9-6-10-14-24)19-30-25(28)16-15-23-11-7-5-8-12-23/h5-16,21-22H,17-20H2,1-4H3. The van der Waals surface area contributed by atoms with Crippen LogP contribution >= 0.6 is 0 Å². The molecule has 0 saturated carbocycles. The SMILES string of the molecule is CC(C)CCC(COC(=O)C=Cc1ccccc1)(COC(=O)c1ccccc1)C(C)C. The average Bonchev–Trinajstić information content (AvgIpc) is 2.78. The highest BCUT2D eigenvalue weighted by atomic mass is 16.5. The molecule has 2 aromatic rings. The van der Waals surface area contributed by atoms with Gasteiger partial charge in [-0.2, -0.15) is 0 Å². The van der Waals surface area contributed by atoms with E-state index in [1.54, 1.807) is 18.2 Å². The summed E-state index contributed by atoms with van der Waals surface area (Å²) in [6, 6.07) is 18.6. The Balaban J connectivity index is 2.07. The predicted octanol–water partition coefficient (Wildman–Crippen LogP) is 6.18. The third-order valence-electron chi connectivity index (χ3n) is 5.66. The first kappa shape index (κ1) is 24.4. The minimum Gasteiger partial charge on any atom is -0.462 e. The fourth-order valence-corrected chi connectivity index (χ4v) is 3.24. The van der Waals surface area contributed by atoms with Crippen molar-refractivity contribution in [3.05, 3.63) is 77.9 Å². The highest BCUT2D eigenvalue weighted by Crippen LogP contribution is 2.35. The van der Waals surface area contributed by atoms with Gasteiger partial charge in [0, 0.05) is 11.5 Å². The van der Waals surface area contributed by atoms with Crippen LogP contribution in [-0.2, 0) is 14.3 Å². The average molecular weight is 423 g/mol. The van der Waals surface area contributed by atoms with Crippen LogP contribution in [0, 0.1) is 17.3 Å². The van der Waals surface area contributed by atoms with Crippen molar-refractivity contribution in [2.24, 2.45) is 17.3 Å². The third-order valence-corrected chi connectivity index (χ3v) is 5.66. The monoisotopic (exact) mass is 422 g/mol. The summed E-state index contributed by atoms with van der Waals surface area (Å²) in [5, 5.41) is 0. The zero-order valence-corrected chi connectivity index (χ0v) is 19.0. The molecule has 0 bridgehead atoms. The molecule has 0 fully saturated rings. The number of carbonyl (C=O) groups excluding carboxylic acids is 2. The lowest BCUT2D eigenvalue weighted by Crippen LogP contribution is -2.39. The van der Waals surface area contributed by atoms with E-state index in [9.17, 15) is 9.59 Å². The number of carbonyl (C=O) groups is 2. The van der Waals surface area contributed by atoms with E-state index in [1.807, 2.05) is 48.5 Å². The van der Waals surface area contributed by atoms with Gasteiger partial charge in [0.1, 0.15) is 13.2 Å². The molecule has 0 aliphatic heterocycles. The molecule has 2 rings (SSSR count). The molecule has 31 heavy (non-hydrogen) atoms. The Morgan fingerprint density at radius 3 is 2.03 bits per heavy atom. The molecule has 0 aliphatic carbocycles. The van der Waals surface area contributed by atoms with Gasteiger partial charge >= 0.3 is 11.9 Å².